The van der Waals surface area contributed by atoms with Crippen molar-refractivity contribution in [2.75, 3.05) is 0 Å². The van der Waals surface area contributed by atoms with E-state index in [1.165, 1.54) is 11.1 Å². The normalized spacial score (nSPS) is 23.5. The molecule has 1 aromatic rings. The van der Waals surface area contributed by atoms with E-state index in [-0.39, 0.29) is 42.2 Å². The fraction of sp³-hybridized carbons (Fsp3) is 0.591. The van der Waals surface area contributed by atoms with Gasteiger partial charge in [-0.1, -0.05) is 38.1 Å². The topological polar surface area (TPSA) is 116 Å². The molecule has 0 spiro atoms. The number of carbonyl (C=O) groups is 3. The third kappa shape index (κ3) is 6.85. The predicted octanol–water partition coefficient (Wildman–Crippen LogP) is 1.66. The molecule has 4 N–H and O–H groups in total. The number of carboxylic acid groups (broad SMARTS) is 1. The van der Waals surface area contributed by atoms with Crippen molar-refractivity contribution in [1.29, 1.82) is 0 Å². The summed E-state index contributed by atoms with van der Waals surface area (Å²) in [5.74, 6) is 0.138. The van der Waals surface area contributed by atoms with E-state index in [1.54, 1.807) is 0 Å². The van der Waals surface area contributed by atoms with E-state index in [0.717, 1.165) is 12.8 Å². The first-order valence-electron chi connectivity index (χ1n) is 10.3. The van der Waals surface area contributed by atoms with Gasteiger partial charge in [0.2, 0.25) is 11.8 Å². The summed E-state index contributed by atoms with van der Waals surface area (Å²) < 4.78 is 0. The molecule has 1 fully saturated rings. The van der Waals surface area contributed by atoms with Crippen LogP contribution in [0.25, 0.3) is 0 Å². The van der Waals surface area contributed by atoms with Crippen molar-refractivity contribution in [3.8, 4) is 0 Å². The molecule has 29 heavy (non-hydrogen) atoms. The molecular weight excluding hydrogens is 372 g/mol. The fourth-order valence-electron chi connectivity index (χ4n) is 4.16. The molecule has 7 nitrogen and oxygen atoms in total. The zero-order valence-electron chi connectivity index (χ0n) is 17.1. The first-order valence-corrected chi connectivity index (χ1v) is 10.3. The minimum absolute atomic E-state index is 0.0450. The van der Waals surface area contributed by atoms with Gasteiger partial charge in [-0.25, -0.2) is 0 Å². The molecule has 2 aliphatic carbocycles. The maximum Gasteiger partial charge on any atom is 0.290 e. The summed E-state index contributed by atoms with van der Waals surface area (Å²) in [4.78, 5) is 33.1. The molecule has 0 saturated heterocycles. The van der Waals surface area contributed by atoms with Crippen LogP contribution in [0.4, 0.5) is 0 Å². The summed E-state index contributed by atoms with van der Waals surface area (Å²) in [5, 5.41) is 23.2. The van der Waals surface area contributed by atoms with E-state index >= 15 is 0 Å². The number of nitrogens with one attached hydrogen (secondary N) is 2. The number of amides is 2. The van der Waals surface area contributed by atoms with Crippen LogP contribution in [0.15, 0.2) is 24.3 Å². The van der Waals surface area contributed by atoms with Crippen molar-refractivity contribution in [3.05, 3.63) is 35.4 Å². The van der Waals surface area contributed by atoms with Crippen molar-refractivity contribution >= 4 is 18.3 Å². The Morgan fingerprint density at radius 2 is 1.72 bits per heavy atom. The van der Waals surface area contributed by atoms with Crippen LogP contribution in [0.3, 0.4) is 0 Å². The standard InChI is InChI=1S/C21H30N2O3.CH2O2/c1-13(2)9-20(25)23-18-12-16(7-8-19(18)24)21(26)22-17-10-14-5-3-4-6-15(14)11-17;2-1-3/h3-6,13,16-19,24H,7-12H2,1-2H3,(H,22,26)(H,23,25);1H,(H,2,3)/t16-,18+,19+;/m0./s1. The average molecular weight is 405 g/mol. The average Bonchev–Trinajstić information content (AvgIpc) is 3.05. The highest BCUT2D eigenvalue weighted by Crippen LogP contribution is 2.27. The molecule has 3 atom stereocenters. The lowest BCUT2D eigenvalue weighted by Crippen LogP contribution is -2.50. The van der Waals surface area contributed by atoms with Crippen molar-refractivity contribution in [3.63, 3.8) is 0 Å². The Kier molecular flexibility index (Phi) is 8.64. The van der Waals surface area contributed by atoms with E-state index in [1.807, 2.05) is 26.0 Å². The Balaban J connectivity index is 0.000000941. The van der Waals surface area contributed by atoms with Crippen LogP contribution in [-0.4, -0.2) is 46.7 Å². The quantitative estimate of drug-likeness (QED) is 0.557. The second-order valence-corrected chi connectivity index (χ2v) is 8.34. The molecule has 1 aromatic carbocycles. The smallest absolute Gasteiger partial charge is 0.290 e. The number of carbonyl (C=O) groups excluding carboxylic acids is 2. The molecule has 0 heterocycles. The molecule has 0 radical (unpaired) electrons. The molecule has 0 unspecified atom stereocenters. The van der Waals surface area contributed by atoms with E-state index in [2.05, 4.69) is 22.8 Å². The van der Waals surface area contributed by atoms with Crippen LogP contribution in [0.1, 0.15) is 50.7 Å². The van der Waals surface area contributed by atoms with Gasteiger partial charge in [0, 0.05) is 18.4 Å². The molecule has 0 aliphatic heterocycles. The lowest BCUT2D eigenvalue weighted by molar-refractivity contribution is -0.130. The number of rotatable bonds is 5. The number of hydrogen-bond donors (Lipinski definition) is 4. The molecule has 1 saturated carbocycles. The van der Waals surface area contributed by atoms with Crippen molar-refractivity contribution in [2.24, 2.45) is 11.8 Å². The monoisotopic (exact) mass is 404 g/mol. The van der Waals surface area contributed by atoms with Gasteiger partial charge in [0.1, 0.15) is 0 Å². The Morgan fingerprint density at radius 1 is 1.14 bits per heavy atom. The van der Waals surface area contributed by atoms with Crippen LogP contribution in [0, 0.1) is 11.8 Å². The summed E-state index contributed by atoms with van der Waals surface area (Å²) in [5.41, 5.74) is 2.63. The molecule has 2 amide bonds. The van der Waals surface area contributed by atoms with Crippen LogP contribution in [-0.2, 0) is 27.2 Å². The largest absolute Gasteiger partial charge is 0.483 e. The molecular formula is C22H32N2O5. The minimum Gasteiger partial charge on any atom is -0.483 e. The summed E-state index contributed by atoms with van der Waals surface area (Å²) in [6.07, 6.45) is 3.37. The lowest BCUT2D eigenvalue weighted by atomic mass is 9.83. The van der Waals surface area contributed by atoms with Gasteiger partial charge >= 0.3 is 0 Å². The zero-order chi connectivity index (χ0) is 21.4. The number of hydrogen-bond acceptors (Lipinski definition) is 4. The van der Waals surface area contributed by atoms with Gasteiger partial charge in [-0.15, -0.1) is 0 Å². The number of fused-ring (bicyclic) bond motifs is 1. The van der Waals surface area contributed by atoms with Gasteiger partial charge in [0.25, 0.3) is 6.47 Å². The van der Waals surface area contributed by atoms with Crippen LogP contribution < -0.4 is 10.6 Å². The maximum atomic E-state index is 12.7. The third-order valence-electron chi connectivity index (χ3n) is 5.52. The fourth-order valence-corrected chi connectivity index (χ4v) is 4.16. The maximum absolute atomic E-state index is 12.7. The summed E-state index contributed by atoms with van der Waals surface area (Å²) in [6.45, 7) is 3.74. The Morgan fingerprint density at radius 3 is 2.28 bits per heavy atom. The van der Waals surface area contributed by atoms with Crippen molar-refractivity contribution in [1.82, 2.24) is 10.6 Å². The van der Waals surface area contributed by atoms with Crippen molar-refractivity contribution < 1.29 is 24.6 Å². The second kappa shape index (κ2) is 11.0. The molecule has 3 rings (SSSR count). The highest BCUT2D eigenvalue weighted by molar-refractivity contribution is 5.80. The molecule has 0 aromatic heterocycles. The molecule has 2 aliphatic rings. The zero-order valence-corrected chi connectivity index (χ0v) is 17.1. The van der Waals surface area contributed by atoms with Gasteiger partial charge in [0.05, 0.1) is 12.1 Å². The summed E-state index contributed by atoms with van der Waals surface area (Å²) >= 11 is 0. The van der Waals surface area contributed by atoms with Crippen LogP contribution in [0.2, 0.25) is 0 Å². The number of aliphatic hydroxyl groups excluding tert-OH is 1. The van der Waals surface area contributed by atoms with Gasteiger partial charge in [0.15, 0.2) is 0 Å². The molecule has 160 valence electrons. The Labute approximate surface area is 171 Å². The molecule has 0 bridgehead atoms. The first-order chi connectivity index (χ1) is 13.8. The van der Waals surface area contributed by atoms with Crippen molar-refractivity contribution in [2.45, 2.75) is 70.6 Å². The first kappa shape index (κ1) is 22.9. The molecule has 7 heteroatoms. The second-order valence-electron chi connectivity index (χ2n) is 8.34. The van der Waals surface area contributed by atoms with E-state index in [4.69, 9.17) is 9.90 Å². The summed E-state index contributed by atoms with van der Waals surface area (Å²) in [7, 11) is 0. The van der Waals surface area contributed by atoms with Crippen LogP contribution in [0.5, 0.6) is 0 Å². The van der Waals surface area contributed by atoms with Gasteiger partial charge in [-0.2, -0.15) is 0 Å². The minimum atomic E-state index is -0.564. The highest BCUT2D eigenvalue weighted by atomic mass is 16.3. The Bertz CT molecular complexity index is 681. The number of aliphatic hydroxyl groups is 1. The van der Waals surface area contributed by atoms with E-state index in [0.29, 0.717) is 25.7 Å². The summed E-state index contributed by atoms with van der Waals surface area (Å²) in [6, 6.07) is 8.15. The van der Waals surface area contributed by atoms with Crippen LogP contribution >= 0.6 is 0 Å². The Hall–Kier alpha value is -2.41. The van der Waals surface area contributed by atoms with E-state index < -0.39 is 6.10 Å². The van der Waals surface area contributed by atoms with Gasteiger partial charge in [-0.3, -0.25) is 14.4 Å². The predicted molar refractivity (Wildman–Crippen MR) is 109 cm³/mol. The highest BCUT2D eigenvalue weighted by Gasteiger charge is 2.35. The number of benzene rings is 1. The van der Waals surface area contributed by atoms with Gasteiger partial charge < -0.3 is 20.8 Å². The SMILES string of the molecule is CC(C)CC(=O)N[C@@H]1C[C@@H](C(=O)NC2Cc3ccccc3C2)CC[C@H]1O.O=CO. The van der Waals surface area contributed by atoms with E-state index in [9.17, 15) is 14.7 Å². The lowest BCUT2D eigenvalue weighted by Gasteiger charge is -2.33. The van der Waals surface area contributed by atoms with Gasteiger partial charge in [-0.05, 0) is 49.1 Å². The third-order valence-corrected chi connectivity index (χ3v) is 5.52.